The van der Waals surface area contributed by atoms with E-state index in [0.29, 0.717) is 23.9 Å². The van der Waals surface area contributed by atoms with Crippen molar-refractivity contribution in [2.75, 3.05) is 24.1 Å². The molecule has 7 nitrogen and oxygen atoms in total. The van der Waals surface area contributed by atoms with Gasteiger partial charge in [-0.2, -0.15) is 0 Å². The number of thiazole rings is 1. The van der Waals surface area contributed by atoms with Gasteiger partial charge in [-0.1, -0.05) is 49.4 Å². The van der Waals surface area contributed by atoms with Crippen molar-refractivity contribution in [3.8, 4) is 0 Å². The minimum absolute atomic E-state index is 0.128. The number of hydrogen-bond acceptors (Lipinski definition) is 7. The van der Waals surface area contributed by atoms with Gasteiger partial charge in [-0.05, 0) is 29.8 Å². The molecule has 0 spiro atoms. The number of rotatable bonds is 8. The lowest BCUT2D eigenvalue weighted by Crippen LogP contribution is -2.21. The molecule has 2 aromatic carbocycles. The molecule has 8 heteroatoms. The third-order valence-corrected chi connectivity index (χ3v) is 4.72. The fourth-order valence-corrected chi connectivity index (χ4v) is 3.19. The summed E-state index contributed by atoms with van der Waals surface area (Å²) in [5, 5.41) is 18.5. The molecule has 3 rings (SSSR count). The molecule has 1 heterocycles. The molecule has 1 unspecified atom stereocenters. The van der Waals surface area contributed by atoms with Gasteiger partial charge in [0.1, 0.15) is 0 Å². The summed E-state index contributed by atoms with van der Waals surface area (Å²) < 4.78 is 0. The minimum Gasteiger partial charge on any atom is -0.387 e. The molecular formula is C22H29N5O2S. The van der Waals surface area contributed by atoms with Crippen molar-refractivity contribution in [1.82, 2.24) is 10.3 Å². The number of nitrogens with one attached hydrogen (secondary N) is 2. The molecule has 160 valence electrons. The zero-order valence-electron chi connectivity index (χ0n) is 17.0. The first kappa shape index (κ1) is 23.5. The van der Waals surface area contributed by atoms with Crippen LogP contribution in [0, 0.1) is 0 Å². The van der Waals surface area contributed by atoms with Crippen LogP contribution in [0.2, 0.25) is 0 Å². The average molecular weight is 428 g/mol. The molecule has 1 atom stereocenters. The van der Waals surface area contributed by atoms with Crippen molar-refractivity contribution >= 4 is 28.1 Å². The Labute approximate surface area is 181 Å². The summed E-state index contributed by atoms with van der Waals surface area (Å²) in [5.74, 6) is -0.128. The van der Waals surface area contributed by atoms with E-state index in [1.54, 1.807) is 5.38 Å². The van der Waals surface area contributed by atoms with E-state index in [1.165, 1.54) is 11.3 Å². The molecule has 30 heavy (non-hydrogen) atoms. The highest BCUT2D eigenvalue weighted by Crippen LogP contribution is 2.14. The summed E-state index contributed by atoms with van der Waals surface area (Å²) in [5.41, 5.74) is 13.8. The van der Waals surface area contributed by atoms with Crippen LogP contribution in [0.25, 0.3) is 0 Å². The van der Waals surface area contributed by atoms with Gasteiger partial charge in [0.25, 0.3) is 0 Å². The van der Waals surface area contributed by atoms with Gasteiger partial charge in [-0.25, -0.2) is 4.98 Å². The molecule has 1 aromatic heterocycles. The maximum Gasteiger partial charge on any atom is 0.230 e. The van der Waals surface area contributed by atoms with E-state index < -0.39 is 6.10 Å². The number of hydrogen-bond donors (Lipinski definition) is 5. The molecule has 0 fully saturated rings. The number of nitrogens with zero attached hydrogens (tertiary/aromatic N) is 1. The minimum atomic E-state index is -0.537. The van der Waals surface area contributed by atoms with Crippen LogP contribution in [0.15, 0.2) is 60.0 Å². The molecule has 0 radical (unpaired) electrons. The van der Waals surface area contributed by atoms with E-state index in [0.717, 1.165) is 23.4 Å². The molecule has 0 saturated heterocycles. The van der Waals surface area contributed by atoms with Gasteiger partial charge >= 0.3 is 0 Å². The lowest BCUT2D eigenvalue weighted by Gasteiger charge is -2.12. The number of amides is 1. The monoisotopic (exact) mass is 427 g/mol. The first-order valence-corrected chi connectivity index (χ1v) is 10.6. The van der Waals surface area contributed by atoms with Gasteiger partial charge in [0.2, 0.25) is 5.91 Å². The van der Waals surface area contributed by atoms with Crippen LogP contribution >= 0.6 is 11.3 Å². The van der Waals surface area contributed by atoms with E-state index in [-0.39, 0.29) is 12.3 Å². The first-order valence-electron chi connectivity index (χ1n) is 9.74. The molecule has 0 aliphatic carbocycles. The fraction of sp³-hybridized carbons (Fsp3) is 0.273. The van der Waals surface area contributed by atoms with Gasteiger partial charge in [0, 0.05) is 24.2 Å². The van der Waals surface area contributed by atoms with Crippen LogP contribution < -0.4 is 22.1 Å². The zero-order valence-corrected chi connectivity index (χ0v) is 17.9. The molecular weight excluding hydrogens is 398 g/mol. The van der Waals surface area contributed by atoms with Gasteiger partial charge in [0.15, 0.2) is 5.13 Å². The van der Waals surface area contributed by atoms with Crippen molar-refractivity contribution in [1.29, 1.82) is 0 Å². The summed E-state index contributed by atoms with van der Waals surface area (Å²) in [6.45, 7) is 3.76. The number of nitrogen functional groups attached to an aromatic ring is 1. The highest BCUT2D eigenvalue weighted by Gasteiger charge is 2.08. The van der Waals surface area contributed by atoms with Crippen LogP contribution in [0.1, 0.15) is 29.8 Å². The topological polar surface area (TPSA) is 126 Å². The Morgan fingerprint density at radius 3 is 2.43 bits per heavy atom. The third kappa shape index (κ3) is 8.30. The number of aliphatic hydroxyl groups is 1. The maximum absolute atomic E-state index is 12.0. The van der Waals surface area contributed by atoms with Crippen LogP contribution in [0.5, 0.6) is 0 Å². The second-order valence-corrected chi connectivity index (χ2v) is 7.45. The Bertz CT molecular complexity index is 884. The maximum atomic E-state index is 12.0. The lowest BCUT2D eigenvalue weighted by atomic mass is 10.1. The number of benzene rings is 2. The highest BCUT2D eigenvalue weighted by molar-refractivity contribution is 7.13. The van der Waals surface area contributed by atoms with Crippen molar-refractivity contribution < 1.29 is 9.90 Å². The van der Waals surface area contributed by atoms with Crippen LogP contribution in [-0.4, -0.2) is 29.1 Å². The normalized spacial score (nSPS) is 11.3. The van der Waals surface area contributed by atoms with Gasteiger partial charge in [-0.15, -0.1) is 11.3 Å². The highest BCUT2D eigenvalue weighted by atomic mass is 32.1. The number of carbonyl (C=O) groups is 1. The summed E-state index contributed by atoms with van der Waals surface area (Å²) in [6, 6.07) is 17.2. The average Bonchev–Trinajstić information content (AvgIpc) is 3.15. The van der Waals surface area contributed by atoms with Gasteiger partial charge in [0.05, 0.1) is 18.2 Å². The number of nitrogens with two attached hydrogens (primary N) is 2. The van der Waals surface area contributed by atoms with E-state index in [4.69, 9.17) is 11.5 Å². The van der Waals surface area contributed by atoms with E-state index in [1.807, 2.05) is 61.5 Å². The smallest absolute Gasteiger partial charge is 0.230 e. The molecule has 7 N–H and O–H groups in total. The molecule has 0 bridgehead atoms. The van der Waals surface area contributed by atoms with E-state index in [2.05, 4.69) is 15.6 Å². The van der Waals surface area contributed by atoms with Crippen LogP contribution in [0.4, 0.5) is 10.8 Å². The van der Waals surface area contributed by atoms with Gasteiger partial charge < -0.3 is 27.2 Å². The summed E-state index contributed by atoms with van der Waals surface area (Å²) in [6.07, 6.45) is -0.335. The second-order valence-electron chi connectivity index (χ2n) is 6.56. The fourth-order valence-electron chi connectivity index (χ4n) is 2.63. The standard InChI is InChI=1S/C20H22N4O2S.C2H7N/c21-20-24-17(13-27-20)10-19(26)23-16-8-6-14(7-9-16)11-22-12-18(25)15-4-2-1-3-5-15;1-2-3/h1-9,13,18,22,25H,10-12H2,(H2,21,24)(H,23,26);2-3H2,1H3. The van der Waals surface area contributed by atoms with Crippen molar-refractivity contribution in [3.05, 3.63) is 76.8 Å². The Kier molecular flexibility index (Phi) is 9.96. The second kappa shape index (κ2) is 12.7. The van der Waals surface area contributed by atoms with E-state index in [9.17, 15) is 9.90 Å². The number of aliphatic hydroxyl groups excluding tert-OH is 1. The summed E-state index contributed by atoms with van der Waals surface area (Å²) in [4.78, 5) is 16.1. The Hall–Kier alpha value is -2.78. The quantitative estimate of drug-likeness (QED) is 0.376. The lowest BCUT2D eigenvalue weighted by molar-refractivity contribution is -0.115. The van der Waals surface area contributed by atoms with Gasteiger partial charge in [-0.3, -0.25) is 4.79 Å². The molecule has 1 amide bonds. The predicted molar refractivity (Wildman–Crippen MR) is 123 cm³/mol. The third-order valence-electron chi connectivity index (χ3n) is 4.00. The van der Waals surface area contributed by atoms with Crippen molar-refractivity contribution in [2.24, 2.45) is 5.73 Å². The number of aromatic nitrogens is 1. The Morgan fingerprint density at radius 2 is 1.83 bits per heavy atom. The molecule has 0 saturated carbocycles. The molecule has 0 aliphatic heterocycles. The van der Waals surface area contributed by atoms with Crippen molar-refractivity contribution in [3.63, 3.8) is 0 Å². The Morgan fingerprint density at radius 1 is 1.17 bits per heavy atom. The Balaban J connectivity index is 0.00000101. The van der Waals surface area contributed by atoms with Crippen LogP contribution in [-0.2, 0) is 17.8 Å². The first-order chi connectivity index (χ1) is 14.5. The number of anilines is 2. The van der Waals surface area contributed by atoms with Crippen molar-refractivity contribution in [2.45, 2.75) is 26.0 Å². The summed E-state index contributed by atoms with van der Waals surface area (Å²) in [7, 11) is 0. The zero-order chi connectivity index (χ0) is 21.8. The molecule has 0 aliphatic rings. The van der Waals surface area contributed by atoms with E-state index >= 15 is 0 Å². The largest absolute Gasteiger partial charge is 0.387 e. The summed E-state index contributed by atoms with van der Waals surface area (Å²) >= 11 is 1.32. The number of carbonyl (C=O) groups excluding carboxylic acids is 1. The molecule has 3 aromatic rings. The predicted octanol–water partition coefficient (Wildman–Crippen LogP) is 2.69. The van der Waals surface area contributed by atoms with Crippen LogP contribution in [0.3, 0.4) is 0 Å². The SMILES string of the molecule is CCN.Nc1nc(CC(=O)Nc2ccc(CNCC(O)c3ccccc3)cc2)cs1.